The third-order valence-corrected chi connectivity index (χ3v) is 3.49. The van der Waals surface area contributed by atoms with Gasteiger partial charge in [-0.25, -0.2) is 0 Å². The topological polar surface area (TPSA) is 61.7 Å². The molecule has 0 aromatic heterocycles. The second-order valence-electron chi connectivity index (χ2n) is 5.43. The fraction of sp³-hybridized carbons (Fsp3) is 0.625. The van der Waals surface area contributed by atoms with E-state index in [-0.39, 0.29) is 6.61 Å². The molecule has 0 radical (unpaired) electrons. The molecule has 0 saturated carbocycles. The van der Waals surface area contributed by atoms with Crippen LogP contribution in [0.1, 0.15) is 25.3 Å². The Labute approximate surface area is 132 Å². The first-order chi connectivity index (χ1) is 10.1. The highest BCUT2D eigenvalue weighted by molar-refractivity contribution is 6.30. The van der Waals surface area contributed by atoms with Gasteiger partial charge in [-0.05, 0) is 43.0 Å². The van der Waals surface area contributed by atoms with Crippen molar-refractivity contribution in [1.82, 2.24) is 5.32 Å². The molecule has 0 saturated heterocycles. The van der Waals surface area contributed by atoms with Crippen molar-refractivity contribution >= 4 is 11.6 Å². The Balaban J connectivity index is 2.01. The summed E-state index contributed by atoms with van der Waals surface area (Å²) in [6.45, 7) is 4.41. The van der Waals surface area contributed by atoms with E-state index in [4.69, 9.17) is 21.4 Å². The zero-order valence-corrected chi connectivity index (χ0v) is 13.4. The van der Waals surface area contributed by atoms with Crippen LogP contribution in [0.5, 0.6) is 0 Å². The largest absolute Gasteiger partial charge is 0.396 e. The molecule has 3 N–H and O–H groups in total. The number of rotatable bonds is 11. The fourth-order valence-electron chi connectivity index (χ4n) is 1.89. The van der Waals surface area contributed by atoms with E-state index in [1.807, 2.05) is 31.2 Å². The smallest absolute Gasteiger partial charge is 0.0897 e. The summed E-state index contributed by atoms with van der Waals surface area (Å²) in [5.74, 6) is 0.347. The van der Waals surface area contributed by atoms with E-state index in [9.17, 15) is 5.11 Å². The third-order valence-electron chi connectivity index (χ3n) is 3.23. The van der Waals surface area contributed by atoms with Crippen LogP contribution >= 0.6 is 11.6 Å². The first-order valence-corrected chi connectivity index (χ1v) is 7.81. The lowest BCUT2D eigenvalue weighted by molar-refractivity contribution is 0.0289. The molecule has 0 amide bonds. The lowest BCUT2D eigenvalue weighted by Crippen LogP contribution is -2.31. The maximum absolute atomic E-state index is 9.78. The van der Waals surface area contributed by atoms with Gasteiger partial charge in [0, 0.05) is 18.2 Å². The van der Waals surface area contributed by atoms with E-state index >= 15 is 0 Å². The Morgan fingerprint density at radius 1 is 1.29 bits per heavy atom. The maximum atomic E-state index is 9.78. The Morgan fingerprint density at radius 2 is 2.00 bits per heavy atom. The van der Waals surface area contributed by atoms with Crippen molar-refractivity contribution in [2.75, 3.05) is 26.3 Å². The lowest BCUT2D eigenvalue weighted by atomic mass is 10.1. The molecule has 0 heterocycles. The highest BCUT2D eigenvalue weighted by atomic mass is 35.5. The summed E-state index contributed by atoms with van der Waals surface area (Å²) in [6, 6.07) is 7.47. The van der Waals surface area contributed by atoms with Crippen LogP contribution in [0.3, 0.4) is 0 Å². The van der Waals surface area contributed by atoms with Crippen molar-refractivity contribution in [2.45, 2.75) is 32.5 Å². The second-order valence-corrected chi connectivity index (χ2v) is 5.87. The molecule has 2 atom stereocenters. The summed E-state index contributed by atoms with van der Waals surface area (Å²) in [5, 5.41) is 22.6. The zero-order chi connectivity index (χ0) is 15.5. The highest BCUT2D eigenvalue weighted by Crippen LogP contribution is 2.10. The van der Waals surface area contributed by atoms with Crippen LogP contribution in [-0.4, -0.2) is 42.6 Å². The average molecular weight is 316 g/mol. The number of halogens is 1. The van der Waals surface area contributed by atoms with Crippen molar-refractivity contribution in [3.05, 3.63) is 34.9 Å². The Kier molecular flexibility index (Phi) is 9.63. The first kappa shape index (κ1) is 18.4. The molecule has 1 aromatic rings. The summed E-state index contributed by atoms with van der Waals surface area (Å²) >= 11 is 5.80. The molecule has 0 spiro atoms. The molecule has 1 aromatic carbocycles. The Bertz CT molecular complexity index is 372. The van der Waals surface area contributed by atoms with Crippen molar-refractivity contribution < 1.29 is 14.9 Å². The van der Waals surface area contributed by atoms with Gasteiger partial charge in [-0.3, -0.25) is 0 Å². The minimum Gasteiger partial charge on any atom is -0.396 e. The zero-order valence-electron chi connectivity index (χ0n) is 12.6. The SMILES string of the molecule is CC(CO)CCCNCC(O)COCc1ccc(Cl)cc1. The maximum Gasteiger partial charge on any atom is 0.0897 e. The van der Waals surface area contributed by atoms with Crippen LogP contribution in [0.4, 0.5) is 0 Å². The predicted molar refractivity (Wildman–Crippen MR) is 85.5 cm³/mol. The molecule has 0 bridgehead atoms. The number of benzene rings is 1. The summed E-state index contributed by atoms with van der Waals surface area (Å²) in [4.78, 5) is 0. The number of hydrogen-bond acceptors (Lipinski definition) is 4. The molecular formula is C16H26ClNO3. The molecule has 0 aliphatic rings. The number of nitrogens with one attached hydrogen (secondary N) is 1. The van der Waals surface area contributed by atoms with Gasteiger partial charge in [-0.2, -0.15) is 0 Å². The second kappa shape index (κ2) is 11.0. The molecule has 0 aliphatic heterocycles. The van der Waals surface area contributed by atoms with Crippen molar-refractivity contribution in [3.8, 4) is 0 Å². The number of aliphatic hydroxyl groups is 2. The average Bonchev–Trinajstić information content (AvgIpc) is 2.48. The summed E-state index contributed by atoms with van der Waals surface area (Å²) in [5.41, 5.74) is 1.04. The van der Waals surface area contributed by atoms with Crippen LogP contribution in [0.15, 0.2) is 24.3 Å². The van der Waals surface area contributed by atoms with Crippen molar-refractivity contribution in [2.24, 2.45) is 5.92 Å². The lowest BCUT2D eigenvalue weighted by Gasteiger charge is -2.13. The molecule has 2 unspecified atom stereocenters. The minimum absolute atomic E-state index is 0.237. The van der Waals surface area contributed by atoms with Crippen LogP contribution in [0, 0.1) is 5.92 Å². The van der Waals surface area contributed by atoms with Gasteiger partial charge < -0.3 is 20.3 Å². The normalized spacial score (nSPS) is 14.1. The van der Waals surface area contributed by atoms with E-state index in [2.05, 4.69) is 5.32 Å². The van der Waals surface area contributed by atoms with Crippen LogP contribution in [0.2, 0.25) is 5.02 Å². The molecule has 21 heavy (non-hydrogen) atoms. The Morgan fingerprint density at radius 3 is 2.67 bits per heavy atom. The van der Waals surface area contributed by atoms with Gasteiger partial charge in [0.1, 0.15) is 0 Å². The van der Waals surface area contributed by atoms with Crippen LogP contribution in [0.25, 0.3) is 0 Å². The van der Waals surface area contributed by atoms with E-state index in [0.29, 0.717) is 30.7 Å². The third kappa shape index (κ3) is 9.06. The quantitative estimate of drug-likeness (QED) is 0.548. The molecular weight excluding hydrogens is 290 g/mol. The monoisotopic (exact) mass is 315 g/mol. The van der Waals surface area contributed by atoms with Crippen LogP contribution in [-0.2, 0) is 11.3 Å². The van der Waals surface area contributed by atoms with E-state index < -0.39 is 6.10 Å². The molecule has 0 aliphatic carbocycles. The summed E-state index contributed by atoms with van der Waals surface area (Å²) < 4.78 is 5.47. The van der Waals surface area contributed by atoms with Gasteiger partial charge in [0.05, 0.1) is 19.3 Å². The van der Waals surface area contributed by atoms with Crippen molar-refractivity contribution in [3.63, 3.8) is 0 Å². The summed E-state index contributed by atoms with van der Waals surface area (Å²) in [7, 11) is 0. The molecule has 1 rings (SSSR count). The first-order valence-electron chi connectivity index (χ1n) is 7.43. The van der Waals surface area contributed by atoms with E-state index in [1.54, 1.807) is 0 Å². The molecule has 0 fully saturated rings. The van der Waals surface area contributed by atoms with Gasteiger partial charge in [-0.1, -0.05) is 30.7 Å². The number of hydrogen-bond donors (Lipinski definition) is 3. The van der Waals surface area contributed by atoms with Gasteiger partial charge >= 0.3 is 0 Å². The highest BCUT2D eigenvalue weighted by Gasteiger charge is 2.04. The molecule has 5 heteroatoms. The number of ether oxygens (including phenoxy) is 1. The standard InChI is InChI=1S/C16H26ClNO3/c1-13(10-19)3-2-8-18-9-16(20)12-21-11-14-4-6-15(17)7-5-14/h4-7,13,16,18-20H,2-3,8-12H2,1H3. The minimum atomic E-state index is -0.507. The van der Waals surface area contributed by atoms with E-state index in [1.165, 1.54) is 0 Å². The van der Waals surface area contributed by atoms with E-state index in [0.717, 1.165) is 24.9 Å². The van der Waals surface area contributed by atoms with Crippen molar-refractivity contribution in [1.29, 1.82) is 0 Å². The fourth-order valence-corrected chi connectivity index (χ4v) is 2.01. The van der Waals surface area contributed by atoms with Gasteiger partial charge in [0.15, 0.2) is 0 Å². The van der Waals surface area contributed by atoms with Gasteiger partial charge in [-0.15, -0.1) is 0 Å². The Hall–Kier alpha value is -0.650. The molecule has 120 valence electrons. The van der Waals surface area contributed by atoms with Gasteiger partial charge in [0.2, 0.25) is 0 Å². The number of aliphatic hydroxyl groups excluding tert-OH is 2. The molecule has 4 nitrogen and oxygen atoms in total. The predicted octanol–water partition coefficient (Wildman–Crippen LogP) is 2.22. The van der Waals surface area contributed by atoms with Gasteiger partial charge in [0.25, 0.3) is 0 Å². The summed E-state index contributed by atoms with van der Waals surface area (Å²) in [6.07, 6.45) is 1.49. The van der Waals surface area contributed by atoms with Crippen LogP contribution < -0.4 is 5.32 Å².